The number of carbonyl (C=O) groups excluding carboxylic acids is 1. The molecule has 0 unspecified atom stereocenters. The summed E-state index contributed by atoms with van der Waals surface area (Å²) in [6.45, 7) is 0. The van der Waals surface area contributed by atoms with Crippen LogP contribution in [0.5, 0.6) is 5.75 Å². The molecule has 0 bridgehead atoms. The highest BCUT2D eigenvalue weighted by atomic mass is 32.1. The highest BCUT2D eigenvalue weighted by Crippen LogP contribution is 2.18. The predicted molar refractivity (Wildman–Crippen MR) is 77.7 cm³/mol. The van der Waals surface area contributed by atoms with Gasteiger partial charge in [-0.05, 0) is 29.9 Å². The third kappa shape index (κ3) is 2.75. The van der Waals surface area contributed by atoms with Crippen LogP contribution in [0.25, 0.3) is 0 Å². The number of esters is 1. The lowest BCUT2D eigenvalue weighted by molar-refractivity contribution is 0.0593. The van der Waals surface area contributed by atoms with Crippen LogP contribution >= 0.6 is 12.2 Å². The van der Waals surface area contributed by atoms with Crippen molar-refractivity contribution in [2.75, 3.05) is 14.2 Å². The van der Waals surface area contributed by atoms with E-state index in [1.807, 2.05) is 31.3 Å². The van der Waals surface area contributed by atoms with Gasteiger partial charge in [0.05, 0.1) is 19.9 Å². The Morgan fingerprint density at radius 3 is 2.80 bits per heavy atom. The summed E-state index contributed by atoms with van der Waals surface area (Å²) in [5.41, 5.74) is 2.21. The molecule has 5 nitrogen and oxygen atoms in total. The molecule has 20 heavy (non-hydrogen) atoms. The van der Waals surface area contributed by atoms with E-state index in [9.17, 15) is 4.79 Å². The number of carbonyl (C=O) groups is 1. The monoisotopic (exact) mass is 292 g/mol. The number of methoxy groups -OCH3 is 2. The van der Waals surface area contributed by atoms with Crippen molar-refractivity contribution in [3.8, 4) is 5.75 Å². The number of ether oxygens (including phenoxy) is 2. The minimum absolute atomic E-state index is 0.391. The second-order valence-corrected chi connectivity index (χ2v) is 4.72. The quantitative estimate of drug-likeness (QED) is 0.695. The second kappa shape index (κ2) is 5.92. The second-order valence-electron chi connectivity index (χ2n) is 4.33. The molecule has 0 aliphatic carbocycles. The van der Waals surface area contributed by atoms with E-state index < -0.39 is 5.97 Å². The molecule has 1 aromatic heterocycles. The van der Waals surface area contributed by atoms with Crippen molar-refractivity contribution in [1.82, 2.24) is 9.55 Å². The zero-order valence-electron chi connectivity index (χ0n) is 11.6. The number of hydrogen-bond donors (Lipinski definition) is 1. The van der Waals surface area contributed by atoms with Crippen molar-refractivity contribution in [2.24, 2.45) is 7.05 Å². The first-order valence-electron chi connectivity index (χ1n) is 6.06. The molecular formula is C14H16N2O3S. The highest BCUT2D eigenvalue weighted by Gasteiger charge is 2.17. The molecule has 2 aromatic rings. The van der Waals surface area contributed by atoms with Crippen molar-refractivity contribution >= 4 is 18.2 Å². The van der Waals surface area contributed by atoms with E-state index >= 15 is 0 Å². The molecule has 1 aromatic carbocycles. The maximum absolute atomic E-state index is 11.8. The molecule has 0 aliphatic heterocycles. The average Bonchev–Trinajstić information content (AvgIpc) is 2.75. The van der Waals surface area contributed by atoms with E-state index in [0.717, 1.165) is 17.0 Å². The van der Waals surface area contributed by atoms with Gasteiger partial charge >= 0.3 is 5.97 Å². The Balaban J connectivity index is 2.42. The van der Waals surface area contributed by atoms with Gasteiger partial charge in [0.25, 0.3) is 0 Å². The highest BCUT2D eigenvalue weighted by molar-refractivity contribution is 7.71. The van der Waals surface area contributed by atoms with Crippen molar-refractivity contribution < 1.29 is 14.3 Å². The van der Waals surface area contributed by atoms with E-state index in [1.54, 1.807) is 11.7 Å². The third-order valence-electron chi connectivity index (χ3n) is 3.13. The number of benzene rings is 1. The maximum Gasteiger partial charge on any atom is 0.356 e. The molecule has 0 amide bonds. The van der Waals surface area contributed by atoms with Crippen LogP contribution in [0.15, 0.2) is 24.3 Å². The van der Waals surface area contributed by atoms with Gasteiger partial charge in [-0.3, -0.25) is 0 Å². The number of H-pyrrole nitrogens is 1. The van der Waals surface area contributed by atoms with Crippen molar-refractivity contribution in [3.63, 3.8) is 0 Å². The Morgan fingerprint density at radius 2 is 2.15 bits per heavy atom. The Labute approximate surface area is 122 Å². The lowest BCUT2D eigenvalue weighted by Gasteiger charge is -2.07. The van der Waals surface area contributed by atoms with Crippen LogP contribution in [-0.2, 0) is 18.2 Å². The van der Waals surface area contributed by atoms with E-state index in [2.05, 4.69) is 4.98 Å². The van der Waals surface area contributed by atoms with E-state index in [-0.39, 0.29) is 0 Å². The maximum atomic E-state index is 11.8. The summed E-state index contributed by atoms with van der Waals surface area (Å²) in [4.78, 5) is 14.7. The zero-order chi connectivity index (χ0) is 14.7. The normalized spacial score (nSPS) is 10.3. The summed E-state index contributed by atoms with van der Waals surface area (Å²) in [7, 11) is 4.79. The molecule has 0 aliphatic rings. The number of aromatic nitrogens is 2. The van der Waals surface area contributed by atoms with Gasteiger partial charge in [0.1, 0.15) is 11.4 Å². The first kappa shape index (κ1) is 14.3. The molecule has 0 fully saturated rings. The van der Waals surface area contributed by atoms with Gasteiger partial charge in [0.2, 0.25) is 0 Å². The molecule has 0 spiro atoms. The van der Waals surface area contributed by atoms with E-state index in [1.165, 1.54) is 7.11 Å². The lowest BCUT2D eigenvalue weighted by Crippen LogP contribution is -2.08. The number of aromatic amines is 1. The van der Waals surface area contributed by atoms with Crippen molar-refractivity contribution in [3.05, 3.63) is 46.0 Å². The number of nitrogens with one attached hydrogen (secondary N) is 1. The van der Waals surface area contributed by atoms with Gasteiger partial charge in [0, 0.05) is 13.5 Å². The molecule has 0 saturated heterocycles. The topological polar surface area (TPSA) is 56.2 Å². The third-order valence-corrected chi connectivity index (χ3v) is 3.50. The fourth-order valence-electron chi connectivity index (χ4n) is 2.01. The average molecular weight is 292 g/mol. The molecule has 6 heteroatoms. The number of hydrogen-bond acceptors (Lipinski definition) is 4. The fraction of sp³-hybridized carbons (Fsp3) is 0.286. The van der Waals surface area contributed by atoms with Gasteiger partial charge < -0.3 is 19.0 Å². The van der Waals surface area contributed by atoms with Crippen LogP contribution in [0.4, 0.5) is 0 Å². The molecule has 0 atom stereocenters. The van der Waals surface area contributed by atoms with Crippen LogP contribution < -0.4 is 4.74 Å². The summed E-state index contributed by atoms with van der Waals surface area (Å²) in [6, 6.07) is 7.68. The summed E-state index contributed by atoms with van der Waals surface area (Å²) >= 11 is 5.17. The summed E-state index contributed by atoms with van der Waals surface area (Å²) in [5, 5.41) is 0. The van der Waals surface area contributed by atoms with Crippen LogP contribution in [0, 0.1) is 4.77 Å². The van der Waals surface area contributed by atoms with Crippen LogP contribution in [0.3, 0.4) is 0 Å². The van der Waals surface area contributed by atoms with E-state index in [4.69, 9.17) is 21.7 Å². The lowest BCUT2D eigenvalue weighted by atomic mass is 10.1. The summed E-state index contributed by atoms with van der Waals surface area (Å²) in [5.74, 6) is 0.355. The standard InChI is InChI=1S/C14H16N2O3S/c1-16-11(12(13(17)19-3)15-14(16)20)8-9-5-4-6-10(7-9)18-2/h4-7H,8H2,1-3H3,(H,15,20). The van der Waals surface area contributed by atoms with Crippen LogP contribution in [0.1, 0.15) is 21.7 Å². The smallest absolute Gasteiger partial charge is 0.356 e. The van der Waals surface area contributed by atoms with Crippen molar-refractivity contribution in [2.45, 2.75) is 6.42 Å². The molecule has 2 rings (SSSR count). The Kier molecular flexibility index (Phi) is 4.24. The first-order valence-corrected chi connectivity index (χ1v) is 6.46. The van der Waals surface area contributed by atoms with Crippen LogP contribution in [-0.4, -0.2) is 29.7 Å². The van der Waals surface area contributed by atoms with Gasteiger partial charge in [-0.15, -0.1) is 0 Å². The molecule has 1 heterocycles. The first-order chi connectivity index (χ1) is 9.56. The number of nitrogens with zero attached hydrogens (tertiary/aromatic N) is 1. The Bertz CT molecular complexity index is 688. The molecule has 1 N–H and O–H groups in total. The van der Waals surface area contributed by atoms with Gasteiger partial charge in [0.15, 0.2) is 4.77 Å². The minimum Gasteiger partial charge on any atom is -0.497 e. The largest absolute Gasteiger partial charge is 0.497 e. The minimum atomic E-state index is -0.422. The zero-order valence-corrected chi connectivity index (χ0v) is 12.4. The van der Waals surface area contributed by atoms with E-state index in [0.29, 0.717) is 16.9 Å². The van der Waals surface area contributed by atoms with Crippen LogP contribution in [0.2, 0.25) is 0 Å². The Hall–Kier alpha value is -2.08. The van der Waals surface area contributed by atoms with Crippen molar-refractivity contribution in [1.29, 1.82) is 0 Å². The molecule has 0 saturated carbocycles. The predicted octanol–water partition coefficient (Wildman–Crippen LogP) is 2.47. The van der Waals surface area contributed by atoms with Gasteiger partial charge in [-0.25, -0.2) is 4.79 Å². The molecule has 0 radical (unpaired) electrons. The SMILES string of the molecule is COC(=O)c1[nH]c(=S)n(C)c1Cc1cccc(OC)c1. The van der Waals surface area contributed by atoms with Gasteiger partial charge in [-0.1, -0.05) is 12.1 Å². The summed E-state index contributed by atoms with van der Waals surface area (Å²) < 4.78 is 12.2. The Morgan fingerprint density at radius 1 is 1.40 bits per heavy atom. The summed E-state index contributed by atoms with van der Waals surface area (Å²) in [6.07, 6.45) is 0.561. The molecule has 106 valence electrons. The fourth-order valence-corrected chi connectivity index (χ4v) is 2.22. The number of imidazole rings is 1. The van der Waals surface area contributed by atoms with Gasteiger partial charge in [-0.2, -0.15) is 0 Å². The molecular weight excluding hydrogens is 276 g/mol. The number of rotatable bonds is 4.